The fourth-order valence-electron chi connectivity index (χ4n) is 2.74. The van der Waals surface area contributed by atoms with Crippen LogP contribution in [0, 0.1) is 0 Å². The molecule has 1 heterocycles. The molecule has 0 saturated carbocycles. The smallest absolute Gasteiger partial charge is 0.226 e. The van der Waals surface area contributed by atoms with E-state index in [0.717, 1.165) is 23.2 Å². The highest BCUT2D eigenvalue weighted by Crippen LogP contribution is 2.33. The Balaban J connectivity index is 2.24. The first-order chi connectivity index (χ1) is 9.58. The van der Waals surface area contributed by atoms with Crippen LogP contribution in [-0.4, -0.2) is 31.3 Å². The standard InChI is InChI=1S/C16H22N2O2/c1-4-16(20)18-11(2)9-13-10-12(5-6-14(13)18)15(19)7-8-17-3/h5-6,10-11,17H,4,7-9H2,1-3H3. The summed E-state index contributed by atoms with van der Waals surface area (Å²) in [6.07, 6.45) is 1.84. The van der Waals surface area contributed by atoms with Crippen molar-refractivity contribution in [3.63, 3.8) is 0 Å². The summed E-state index contributed by atoms with van der Waals surface area (Å²) in [6, 6.07) is 5.89. The topological polar surface area (TPSA) is 49.4 Å². The molecule has 0 bridgehead atoms. The monoisotopic (exact) mass is 274 g/mol. The molecule has 4 heteroatoms. The van der Waals surface area contributed by atoms with Crippen LogP contribution < -0.4 is 10.2 Å². The minimum absolute atomic E-state index is 0.144. The van der Waals surface area contributed by atoms with Crippen LogP contribution in [0.25, 0.3) is 0 Å². The molecular weight excluding hydrogens is 252 g/mol. The Kier molecular flexibility index (Phi) is 4.55. The molecule has 0 spiro atoms. The quantitative estimate of drug-likeness (QED) is 0.837. The van der Waals surface area contributed by atoms with E-state index in [4.69, 9.17) is 0 Å². The normalized spacial score (nSPS) is 17.1. The van der Waals surface area contributed by atoms with Gasteiger partial charge < -0.3 is 10.2 Å². The van der Waals surface area contributed by atoms with Gasteiger partial charge in [0.1, 0.15) is 0 Å². The van der Waals surface area contributed by atoms with E-state index in [1.54, 1.807) is 0 Å². The number of nitrogens with one attached hydrogen (secondary N) is 1. The van der Waals surface area contributed by atoms with Crippen LogP contribution in [0.4, 0.5) is 5.69 Å². The second-order valence-electron chi connectivity index (χ2n) is 5.29. The first-order valence-electron chi connectivity index (χ1n) is 7.21. The molecule has 108 valence electrons. The Morgan fingerprint density at radius 2 is 2.15 bits per heavy atom. The molecule has 1 aliphatic rings. The molecular formula is C16H22N2O2. The maximum atomic E-state index is 12.0. The third-order valence-electron chi connectivity index (χ3n) is 3.79. The molecule has 4 nitrogen and oxygen atoms in total. The van der Waals surface area contributed by atoms with E-state index in [1.165, 1.54) is 0 Å². The van der Waals surface area contributed by atoms with Crippen molar-refractivity contribution >= 4 is 17.4 Å². The average molecular weight is 274 g/mol. The van der Waals surface area contributed by atoms with Gasteiger partial charge in [-0.2, -0.15) is 0 Å². The number of fused-ring (bicyclic) bond motifs is 1. The molecule has 1 atom stereocenters. The Bertz CT molecular complexity index is 525. The summed E-state index contributed by atoms with van der Waals surface area (Å²) in [6.45, 7) is 4.62. The van der Waals surface area contributed by atoms with Gasteiger partial charge in [0.2, 0.25) is 5.91 Å². The zero-order valence-corrected chi connectivity index (χ0v) is 12.4. The molecule has 0 radical (unpaired) electrons. The third-order valence-corrected chi connectivity index (χ3v) is 3.79. The van der Waals surface area contributed by atoms with Gasteiger partial charge in [0.15, 0.2) is 5.78 Å². The number of hydrogen-bond acceptors (Lipinski definition) is 3. The summed E-state index contributed by atoms with van der Waals surface area (Å²) in [5, 5.41) is 2.98. The molecule has 0 saturated heterocycles. The average Bonchev–Trinajstić information content (AvgIpc) is 2.78. The van der Waals surface area contributed by atoms with Crippen LogP contribution in [0.15, 0.2) is 18.2 Å². The molecule has 1 N–H and O–H groups in total. The lowest BCUT2D eigenvalue weighted by Crippen LogP contribution is -2.35. The number of rotatable bonds is 5. The zero-order valence-electron chi connectivity index (χ0n) is 12.4. The SMILES string of the molecule is CCC(=O)N1c2ccc(C(=O)CCNC)cc2CC1C. The van der Waals surface area contributed by atoms with Crippen molar-refractivity contribution in [2.75, 3.05) is 18.5 Å². The second-order valence-corrected chi connectivity index (χ2v) is 5.29. The highest BCUT2D eigenvalue weighted by molar-refractivity contribution is 5.99. The van der Waals surface area contributed by atoms with Crippen LogP contribution in [0.3, 0.4) is 0 Å². The van der Waals surface area contributed by atoms with Crippen LogP contribution in [-0.2, 0) is 11.2 Å². The molecule has 0 aromatic heterocycles. The van der Waals surface area contributed by atoms with Gasteiger partial charge in [0, 0.05) is 36.7 Å². The fourth-order valence-corrected chi connectivity index (χ4v) is 2.74. The Labute approximate surface area is 120 Å². The van der Waals surface area contributed by atoms with Crippen molar-refractivity contribution in [2.45, 2.75) is 39.2 Å². The van der Waals surface area contributed by atoms with E-state index in [0.29, 0.717) is 19.4 Å². The molecule has 1 aromatic rings. The number of benzene rings is 1. The number of hydrogen-bond donors (Lipinski definition) is 1. The van der Waals surface area contributed by atoms with Crippen molar-refractivity contribution in [1.82, 2.24) is 5.32 Å². The maximum absolute atomic E-state index is 12.0. The van der Waals surface area contributed by atoms with Gasteiger partial charge in [0.25, 0.3) is 0 Å². The van der Waals surface area contributed by atoms with Gasteiger partial charge in [-0.3, -0.25) is 9.59 Å². The van der Waals surface area contributed by atoms with Crippen molar-refractivity contribution in [2.24, 2.45) is 0 Å². The van der Waals surface area contributed by atoms with Gasteiger partial charge in [-0.1, -0.05) is 6.92 Å². The second kappa shape index (κ2) is 6.18. The van der Waals surface area contributed by atoms with E-state index in [9.17, 15) is 9.59 Å². The van der Waals surface area contributed by atoms with Crippen LogP contribution >= 0.6 is 0 Å². The molecule has 1 unspecified atom stereocenters. The first kappa shape index (κ1) is 14.7. The van der Waals surface area contributed by atoms with Gasteiger partial charge in [0.05, 0.1) is 0 Å². The minimum atomic E-state index is 0.144. The number of anilines is 1. The number of carbonyl (C=O) groups is 2. The minimum Gasteiger partial charge on any atom is -0.319 e. The molecule has 20 heavy (non-hydrogen) atoms. The number of amides is 1. The molecule has 2 rings (SSSR count). The number of ketones is 1. The van der Waals surface area contributed by atoms with Gasteiger partial charge >= 0.3 is 0 Å². The van der Waals surface area contributed by atoms with Crippen molar-refractivity contribution < 1.29 is 9.59 Å². The highest BCUT2D eigenvalue weighted by Gasteiger charge is 2.30. The molecule has 0 fully saturated rings. The van der Waals surface area contributed by atoms with E-state index in [2.05, 4.69) is 12.2 Å². The predicted octanol–water partition coefficient (Wildman–Crippen LogP) is 2.17. The lowest BCUT2D eigenvalue weighted by atomic mass is 10.0. The summed E-state index contributed by atoms with van der Waals surface area (Å²) in [5.41, 5.74) is 2.82. The highest BCUT2D eigenvalue weighted by atomic mass is 16.2. The number of Topliss-reactive ketones (excluding diaryl/α,β-unsaturated/α-hetero) is 1. The van der Waals surface area contributed by atoms with Gasteiger partial charge in [-0.05, 0) is 44.2 Å². The van der Waals surface area contributed by atoms with E-state index < -0.39 is 0 Å². The van der Waals surface area contributed by atoms with E-state index in [1.807, 2.05) is 37.1 Å². The van der Waals surface area contributed by atoms with Gasteiger partial charge in [-0.15, -0.1) is 0 Å². The van der Waals surface area contributed by atoms with E-state index >= 15 is 0 Å². The van der Waals surface area contributed by atoms with Gasteiger partial charge in [-0.25, -0.2) is 0 Å². The number of nitrogens with zero attached hydrogens (tertiary/aromatic N) is 1. The van der Waals surface area contributed by atoms with Crippen molar-refractivity contribution in [3.05, 3.63) is 29.3 Å². The van der Waals surface area contributed by atoms with Crippen molar-refractivity contribution in [1.29, 1.82) is 0 Å². The fraction of sp³-hybridized carbons (Fsp3) is 0.500. The Hall–Kier alpha value is -1.68. The largest absolute Gasteiger partial charge is 0.319 e. The molecule has 0 aliphatic carbocycles. The summed E-state index contributed by atoms with van der Waals surface area (Å²) in [5.74, 6) is 0.292. The lowest BCUT2D eigenvalue weighted by molar-refractivity contribution is -0.118. The predicted molar refractivity (Wildman–Crippen MR) is 80.3 cm³/mol. The third kappa shape index (κ3) is 2.75. The number of carbonyl (C=O) groups excluding carboxylic acids is 2. The molecule has 1 amide bonds. The summed E-state index contributed by atoms with van der Waals surface area (Å²) >= 11 is 0. The zero-order chi connectivity index (χ0) is 14.7. The van der Waals surface area contributed by atoms with Crippen LogP contribution in [0.2, 0.25) is 0 Å². The van der Waals surface area contributed by atoms with E-state index in [-0.39, 0.29) is 17.7 Å². The molecule has 1 aliphatic heterocycles. The van der Waals surface area contributed by atoms with Crippen LogP contribution in [0.5, 0.6) is 0 Å². The first-order valence-corrected chi connectivity index (χ1v) is 7.21. The summed E-state index contributed by atoms with van der Waals surface area (Å²) < 4.78 is 0. The Morgan fingerprint density at radius 1 is 1.40 bits per heavy atom. The maximum Gasteiger partial charge on any atom is 0.226 e. The van der Waals surface area contributed by atoms with Crippen LogP contribution in [0.1, 0.15) is 42.6 Å². The Morgan fingerprint density at radius 3 is 2.80 bits per heavy atom. The lowest BCUT2D eigenvalue weighted by Gasteiger charge is -2.22. The summed E-state index contributed by atoms with van der Waals surface area (Å²) in [4.78, 5) is 25.9. The molecule has 1 aromatic carbocycles. The summed E-state index contributed by atoms with van der Waals surface area (Å²) in [7, 11) is 1.84. The van der Waals surface area contributed by atoms with Crippen molar-refractivity contribution in [3.8, 4) is 0 Å².